The van der Waals surface area contributed by atoms with Crippen molar-refractivity contribution in [2.75, 3.05) is 0 Å². The van der Waals surface area contributed by atoms with E-state index in [0.29, 0.717) is 0 Å². The summed E-state index contributed by atoms with van der Waals surface area (Å²) in [5.41, 5.74) is 11.0. The SMILES string of the molecule is C1=Cc2oc3c(-c4c5ccccc5c(-c5ccc(-c6cccc7ccccc67)cc5)c5ccccc45)c4oc5ccccc5c4cc3c2CC1. The average molecular weight is 639 g/mol. The van der Waals surface area contributed by atoms with Crippen LogP contribution in [0.1, 0.15) is 17.7 Å². The van der Waals surface area contributed by atoms with Crippen molar-refractivity contribution < 1.29 is 8.83 Å². The molecule has 0 saturated carbocycles. The molecule has 0 aliphatic heterocycles. The third kappa shape index (κ3) is 3.90. The molecule has 8 aromatic carbocycles. The highest BCUT2D eigenvalue weighted by Gasteiger charge is 2.27. The Morgan fingerprint density at radius 1 is 0.420 bits per heavy atom. The molecule has 234 valence electrons. The highest BCUT2D eigenvalue weighted by Crippen LogP contribution is 2.50. The van der Waals surface area contributed by atoms with E-state index in [2.05, 4.69) is 152 Å². The molecule has 2 aromatic heterocycles. The summed E-state index contributed by atoms with van der Waals surface area (Å²) < 4.78 is 13.6. The fraction of sp³-hybridized carbons (Fsp3) is 0.0417. The van der Waals surface area contributed by atoms with Crippen molar-refractivity contribution in [3.05, 3.63) is 163 Å². The summed E-state index contributed by atoms with van der Waals surface area (Å²) >= 11 is 0. The van der Waals surface area contributed by atoms with E-state index in [4.69, 9.17) is 8.83 Å². The smallest absolute Gasteiger partial charge is 0.147 e. The number of aryl methyl sites for hydroxylation is 1. The fourth-order valence-electron chi connectivity index (χ4n) is 8.52. The number of rotatable bonds is 3. The quantitative estimate of drug-likeness (QED) is 0.180. The lowest BCUT2D eigenvalue weighted by Gasteiger charge is -2.18. The van der Waals surface area contributed by atoms with Crippen LogP contribution in [0.2, 0.25) is 0 Å². The van der Waals surface area contributed by atoms with E-state index >= 15 is 0 Å². The van der Waals surface area contributed by atoms with Crippen LogP contribution in [-0.2, 0) is 6.42 Å². The molecule has 0 saturated heterocycles. The Morgan fingerprint density at radius 2 is 1.02 bits per heavy atom. The molecule has 50 heavy (non-hydrogen) atoms. The minimum absolute atomic E-state index is 0.872. The van der Waals surface area contributed by atoms with Gasteiger partial charge in [-0.15, -0.1) is 0 Å². The molecule has 2 heteroatoms. The number of hydrogen-bond donors (Lipinski definition) is 0. The fourth-order valence-corrected chi connectivity index (χ4v) is 8.52. The number of hydrogen-bond acceptors (Lipinski definition) is 2. The van der Waals surface area contributed by atoms with E-state index in [1.807, 2.05) is 6.07 Å². The number of para-hydroxylation sites is 1. The molecule has 2 nitrogen and oxygen atoms in total. The predicted molar refractivity (Wildman–Crippen MR) is 210 cm³/mol. The topological polar surface area (TPSA) is 26.3 Å². The molecule has 1 aliphatic rings. The second-order valence-corrected chi connectivity index (χ2v) is 13.4. The Kier molecular flexibility index (Phi) is 5.82. The van der Waals surface area contributed by atoms with Gasteiger partial charge in [-0.25, -0.2) is 0 Å². The first-order chi connectivity index (χ1) is 24.8. The molecule has 0 amide bonds. The average Bonchev–Trinajstić information content (AvgIpc) is 3.74. The van der Waals surface area contributed by atoms with Crippen LogP contribution in [0.15, 0.2) is 161 Å². The van der Waals surface area contributed by atoms with Crippen LogP contribution in [0.4, 0.5) is 0 Å². The number of furan rings is 2. The van der Waals surface area contributed by atoms with Crippen LogP contribution in [0.25, 0.3) is 105 Å². The largest absolute Gasteiger partial charge is 0.456 e. The van der Waals surface area contributed by atoms with Crippen molar-refractivity contribution in [2.24, 2.45) is 0 Å². The Bertz CT molecular complexity index is 2960. The van der Waals surface area contributed by atoms with Crippen LogP contribution in [0.5, 0.6) is 0 Å². The van der Waals surface area contributed by atoms with E-state index < -0.39 is 0 Å². The Morgan fingerprint density at radius 3 is 1.78 bits per heavy atom. The molecule has 0 N–H and O–H groups in total. The molecule has 0 fully saturated rings. The van der Waals surface area contributed by atoms with Crippen LogP contribution in [0.3, 0.4) is 0 Å². The van der Waals surface area contributed by atoms with Gasteiger partial charge >= 0.3 is 0 Å². The lowest BCUT2D eigenvalue weighted by atomic mass is 9.84. The monoisotopic (exact) mass is 638 g/mol. The molecular formula is C48H30O2. The van der Waals surface area contributed by atoms with Gasteiger partial charge in [0.05, 0.1) is 5.56 Å². The Labute approximate surface area is 288 Å². The summed E-state index contributed by atoms with van der Waals surface area (Å²) in [6.45, 7) is 0. The highest BCUT2D eigenvalue weighted by molar-refractivity contribution is 6.28. The van der Waals surface area contributed by atoms with Crippen LogP contribution in [0, 0.1) is 0 Å². The molecule has 0 radical (unpaired) electrons. The van der Waals surface area contributed by atoms with Gasteiger partial charge in [0.15, 0.2) is 0 Å². The summed E-state index contributed by atoms with van der Waals surface area (Å²) in [6, 6.07) is 52.7. The zero-order chi connectivity index (χ0) is 32.8. The van der Waals surface area contributed by atoms with Gasteiger partial charge in [0.1, 0.15) is 22.5 Å². The summed E-state index contributed by atoms with van der Waals surface area (Å²) in [5, 5.41) is 10.7. The standard InChI is InChI=1S/C48H30O2/c1-2-14-32-29(12-1)13-11-21-33(32)30-24-26-31(27-25-30)44-36-17-3-5-19-38(36)45(39-20-6-4-18-37(39)44)46-47-40(34-15-7-9-22-42(34)49-47)28-41-35-16-8-10-23-43(35)50-48(41)46/h1-7,9-15,17-28H,8,16H2. The highest BCUT2D eigenvalue weighted by atomic mass is 16.3. The number of allylic oxidation sites excluding steroid dienone is 1. The second kappa shape index (κ2) is 10.6. The van der Waals surface area contributed by atoms with Gasteiger partial charge in [0.2, 0.25) is 0 Å². The minimum Gasteiger partial charge on any atom is -0.456 e. The molecule has 1 aliphatic carbocycles. The lowest BCUT2D eigenvalue weighted by molar-refractivity contribution is 0.595. The maximum Gasteiger partial charge on any atom is 0.147 e. The van der Waals surface area contributed by atoms with Crippen molar-refractivity contribution in [3.63, 3.8) is 0 Å². The van der Waals surface area contributed by atoms with Gasteiger partial charge in [0.25, 0.3) is 0 Å². The zero-order valence-corrected chi connectivity index (χ0v) is 27.2. The van der Waals surface area contributed by atoms with Gasteiger partial charge < -0.3 is 8.83 Å². The molecule has 11 rings (SSSR count). The summed E-state index contributed by atoms with van der Waals surface area (Å²) in [4.78, 5) is 0. The summed E-state index contributed by atoms with van der Waals surface area (Å²) in [5.74, 6) is 0.959. The summed E-state index contributed by atoms with van der Waals surface area (Å²) in [7, 11) is 0. The van der Waals surface area contributed by atoms with E-state index in [-0.39, 0.29) is 0 Å². The molecule has 0 spiro atoms. The molecular weight excluding hydrogens is 609 g/mol. The van der Waals surface area contributed by atoms with E-state index in [1.165, 1.54) is 65.5 Å². The third-order valence-corrected chi connectivity index (χ3v) is 10.7. The van der Waals surface area contributed by atoms with Gasteiger partial charge in [-0.2, -0.15) is 0 Å². The molecule has 0 bridgehead atoms. The minimum atomic E-state index is 0.872. The van der Waals surface area contributed by atoms with E-state index in [1.54, 1.807) is 0 Å². The van der Waals surface area contributed by atoms with Gasteiger partial charge in [0, 0.05) is 27.3 Å². The first-order valence-electron chi connectivity index (χ1n) is 17.4. The summed E-state index contributed by atoms with van der Waals surface area (Å²) in [6.07, 6.45) is 6.34. The van der Waals surface area contributed by atoms with Crippen molar-refractivity contribution in [3.8, 4) is 33.4 Å². The van der Waals surface area contributed by atoms with Crippen LogP contribution < -0.4 is 0 Å². The van der Waals surface area contributed by atoms with Crippen LogP contribution in [-0.4, -0.2) is 0 Å². The van der Waals surface area contributed by atoms with Crippen LogP contribution >= 0.6 is 0 Å². The zero-order valence-electron chi connectivity index (χ0n) is 27.2. The first-order valence-corrected chi connectivity index (χ1v) is 17.4. The Balaban J connectivity index is 1.22. The Hall–Kier alpha value is -6.38. The van der Waals surface area contributed by atoms with Gasteiger partial charge in [-0.1, -0.05) is 140 Å². The van der Waals surface area contributed by atoms with Crippen molar-refractivity contribution >= 4 is 71.3 Å². The maximum absolute atomic E-state index is 6.83. The second-order valence-electron chi connectivity index (χ2n) is 13.4. The first kappa shape index (κ1) is 27.6. The van der Waals surface area contributed by atoms with E-state index in [0.717, 1.165) is 57.3 Å². The molecule has 10 aromatic rings. The van der Waals surface area contributed by atoms with Crippen molar-refractivity contribution in [2.45, 2.75) is 12.8 Å². The van der Waals surface area contributed by atoms with Gasteiger partial charge in [-0.3, -0.25) is 0 Å². The van der Waals surface area contributed by atoms with Crippen molar-refractivity contribution in [1.82, 2.24) is 0 Å². The number of fused-ring (bicyclic) bond motifs is 9. The van der Waals surface area contributed by atoms with E-state index in [9.17, 15) is 0 Å². The predicted octanol–water partition coefficient (Wildman–Crippen LogP) is 13.8. The normalized spacial score (nSPS) is 13.0. The third-order valence-electron chi connectivity index (χ3n) is 10.7. The molecule has 0 atom stereocenters. The van der Waals surface area contributed by atoms with Gasteiger partial charge in [-0.05, 0) is 85.6 Å². The molecule has 0 unspecified atom stereocenters. The van der Waals surface area contributed by atoms with Crippen molar-refractivity contribution in [1.29, 1.82) is 0 Å². The lowest BCUT2D eigenvalue weighted by Crippen LogP contribution is -1.92. The number of benzene rings is 8. The molecule has 2 heterocycles. The maximum atomic E-state index is 6.83.